The quantitative estimate of drug-likeness (QED) is 0.402. The van der Waals surface area contributed by atoms with Gasteiger partial charge in [0.1, 0.15) is 17.3 Å². The Kier molecular flexibility index (Phi) is 6.71. The number of aromatic nitrogens is 2. The van der Waals surface area contributed by atoms with Gasteiger partial charge in [0, 0.05) is 32.4 Å². The number of rotatable bonds is 6. The number of carbonyl (C=O) groups excluding carboxylic acids is 2. The third-order valence-corrected chi connectivity index (χ3v) is 6.07. The molecule has 2 aliphatic heterocycles. The average molecular weight is 453 g/mol. The minimum absolute atomic E-state index is 0.0331. The van der Waals surface area contributed by atoms with E-state index in [1.807, 2.05) is 6.07 Å². The Morgan fingerprint density at radius 2 is 1.97 bits per heavy atom. The molecule has 1 amide bonds. The van der Waals surface area contributed by atoms with Crippen molar-refractivity contribution in [2.45, 2.75) is 19.9 Å². The Balaban J connectivity index is 1.77. The fourth-order valence-electron chi connectivity index (χ4n) is 4.30. The largest absolute Gasteiger partial charge is 0.507 e. The number of nitrogens with zero attached hydrogens (tertiary/aromatic N) is 4. The molecule has 2 fully saturated rings. The molecular weight excluding hydrogens is 424 g/mol. The molecular formula is C24H28N4O5. The Bertz CT molecular complexity index is 1090. The number of ether oxygens (including phenoxy) is 2. The van der Waals surface area contributed by atoms with Gasteiger partial charge in [-0.25, -0.2) is 9.97 Å². The van der Waals surface area contributed by atoms with Crippen LogP contribution in [0.5, 0.6) is 5.75 Å². The van der Waals surface area contributed by atoms with Gasteiger partial charge in [-0.3, -0.25) is 14.5 Å². The number of hydrogen-bond donors (Lipinski definition) is 1. The van der Waals surface area contributed by atoms with Crippen molar-refractivity contribution in [1.82, 2.24) is 19.8 Å². The number of likely N-dealkylation sites (tertiary alicyclic amines) is 1. The molecule has 0 aliphatic carbocycles. The molecule has 2 aromatic rings. The van der Waals surface area contributed by atoms with Crippen LogP contribution < -0.4 is 4.74 Å². The number of benzene rings is 1. The van der Waals surface area contributed by atoms with Crippen LogP contribution in [0.2, 0.25) is 0 Å². The van der Waals surface area contributed by atoms with Crippen molar-refractivity contribution >= 4 is 17.4 Å². The number of ketones is 1. The fourth-order valence-corrected chi connectivity index (χ4v) is 4.30. The summed E-state index contributed by atoms with van der Waals surface area (Å²) < 4.78 is 10.8. The molecule has 2 saturated heterocycles. The Morgan fingerprint density at radius 1 is 1.21 bits per heavy atom. The summed E-state index contributed by atoms with van der Waals surface area (Å²) in [6.45, 7) is 7.25. The highest BCUT2D eigenvalue weighted by Gasteiger charge is 2.46. The van der Waals surface area contributed by atoms with Crippen LogP contribution in [0.3, 0.4) is 0 Å². The molecule has 0 radical (unpaired) electrons. The lowest BCUT2D eigenvalue weighted by molar-refractivity contribution is -0.140. The van der Waals surface area contributed by atoms with Gasteiger partial charge in [-0.05, 0) is 31.5 Å². The lowest BCUT2D eigenvalue weighted by atomic mass is 9.95. The zero-order chi connectivity index (χ0) is 23.5. The van der Waals surface area contributed by atoms with E-state index >= 15 is 0 Å². The average Bonchev–Trinajstić information content (AvgIpc) is 3.08. The molecule has 9 heteroatoms. The summed E-state index contributed by atoms with van der Waals surface area (Å²) in [6, 6.07) is 6.45. The van der Waals surface area contributed by atoms with Gasteiger partial charge in [-0.1, -0.05) is 12.1 Å². The van der Waals surface area contributed by atoms with Gasteiger partial charge in [0.25, 0.3) is 11.7 Å². The van der Waals surface area contributed by atoms with Crippen LogP contribution in [-0.2, 0) is 14.3 Å². The first-order valence-electron chi connectivity index (χ1n) is 10.9. The van der Waals surface area contributed by atoms with Crippen LogP contribution in [0, 0.1) is 13.8 Å². The molecule has 1 aromatic carbocycles. The number of aliphatic hydroxyl groups excluding tert-OH is 1. The standard InChI is InChI=1S/C24H28N4O5/c1-15-19(14-25-16(2)26-15)22(29)20-21(17-5-4-6-18(13-17)32-3)28(24(31)23(20)30)8-7-27-9-11-33-12-10-27/h4-6,13-14,21,29H,7-12H2,1-3H3/b22-20+. The van der Waals surface area contributed by atoms with E-state index in [0.29, 0.717) is 54.7 Å². The van der Waals surface area contributed by atoms with Gasteiger partial charge in [-0.15, -0.1) is 0 Å². The topological polar surface area (TPSA) is 105 Å². The highest BCUT2D eigenvalue weighted by Crippen LogP contribution is 2.40. The molecule has 1 N–H and O–H groups in total. The second-order valence-electron chi connectivity index (χ2n) is 8.14. The minimum Gasteiger partial charge on any atom is -0.507 e. The van der Waals surface area contributed by atoms with Gasteiger partial charge in [0.2, 0.25) is 0 Å². The first-order chi connectivity index (χ1) is 15.9. The van der Waals surface area contributed by atoms with Crippen molar-refractivity contribution in [3.8, 4) is 5.75 Å². The van der Waals surface area contributed by atoms with Crippen molar-refractivity contribution in [2.75, 3.05) is 46.5 Å². The number of morpholine rings is 1. The normalized spacial score (nSPS) is 20.9. The van der Waals surface area contributed by atoms with E-state index in [9.17, 15) is 14.7 Å². The molecule has 1 unspecified atom stereocenters. The maximum Gasteiger partial charge on any atom is 0.295 e. The highest BCUT2D eigenvalue weighted by molar-refractivity contribution is 6.46. The number of methoxy groups -OCH3 is 1. The van der Waals surface area contributed by atoms with E-state index in [-0.39, 0.29) is 11.3 Å². The lowest BCUT2D eigenvalue weighted by Gasteiger charge is -2.31. The molecule has 33 heavy (non-hydrogen) atoms. The molecule has 2 aliphatic rings. The molecule has 0 saturated carbocycles. The Hall–Kier alpha value is -3.30. The Morgan fingerprint density at radius 3 is 2.67 bits per heavy atom. The minimum atomic E-state index is -0.748. The molecule has 1 aromatic heterocycles. The number of amides is 1. The van der Waals surface area contributed by atoms with Crippen molar-refractivity contribution in [3.63, 3.8) is 0 Å². The number of aliphatic hydroxyl groups is 1. The van der Waals surface area contributed by atoms with Crippen molar-refractivity contribution in [1.29, 1.82) is 0 Å². The van der Waals surface area contributed by atoms with Gasteiger partial charge < -0.3 is 19.5 Å². The van der Waals surface area contributed by atoms with E-state index in [2.05, 4.69) is 14.9 Å². The molecule has 3 heterocycles. The number of Topliss-reactive ketones (excluding diaryl/α,β-unsaturated/α-hetero) is 1. The third-order valence-electron chi connectivity index (χ3n) is 6.07. The van der Waals surface area contributed by atoms with Crippen LogP contribution in [-0.4, -0.2) is 83.1 Å². The van der Waals surface area contributed by atoms with Crippen molar-refractivity contribution in [2.24, 2.45) is 0 Å². The molecule has 0 bridgehead atoms. The summed E-state index contributed by atoms with van der Waals surface area (Å²) in [6.07, 6.45) is 1.48. The highest BCUT2D eigenvalue weighted by atomic mass is 16.5. The van der Waals surface area contributed by atoms with E-state index in [0.717, 1.165) is 13.1 Å². The maximum absolute atomic E-state index is 13.2. The van der Waals surface area contributed by atoms with E-state index in [1.54, 1.807) is 39.2 Å². The lowest BCUT2D eigenvalue weighted by Crippen LogP contribution is -2.42. The van der Waals surface area contributed by atoms with Crippen LogP contribution in [0.25, 0.3) is 5.76 Å². The van der Waals surface area contributed by atoms with Crippen molar-refractivity contribution in [3.05, 3.63) is 58.7 Å². The van der Waals surface area contributed by atoms with Crippen LogP contribution in [0.1, 0.15) is 28.7 Å². The summed E-state index contributed by atoms with van der Waals surface area (Å²) in [5, 5.41) is 11.2. The summed E-state index contributed by atoms with van der Waals surface area (Å²) >= 11 is 0. The van der Waals surface area contributed by atoms with Crippen molar-refractivity contribution < 1.29 is 24.2 Å². The zero-order valence-electron chi connectivity index (χ0n) is 19.1. The fraction of sp³-hybridized carbons (Fsp3) is 0.417. The van der Waals surface area contributed by atoms with Gasteiger partial charge >= 0.3 is 0 Å². The van der Waals surface area contributed by atoms with E-state index < -0.39 is 17.7 Å². The molecule has 4 rings (SSSR count). The van der Waals surface area contributed by atoms with Gasteiger partial charge in [0.05, 0.1) is 43.2 Å². The Labute approximate surface area is 192 Å². The molecule has 9 nitrogen and oxygen atoms in total. The monoisotopic (exact) mass is 452 g/mol. The molecule has 0 spiro atoms. The third kappa shape index (κ3) is 4.60. The summed E-state index contributed by atoms with van der Waals surface area (Å²) in [4.78, 5) is 38.5. The number of hydrogen-bond acceptors (Lipinski definition) is 8. The van der Waals surface area contributed by atoms with Crippen LogP contribution in [0.15, 0.2) is 36.0 Å². The van der Waals surface area contributed by atoms with Crippen LogP contribution >= 0.6 is 0 Å². The predicted molar refractivity (Wildman–Crippen MR) is 121 cm³/mol. The predicted octanol–water partition coefficient (Wildman–Crippen LogP) is 1.86. The van der Waals surface area contributed by atoms with E-state index in [4.69, 9.17) is 9.47 Å². The first kappa shape index (κ1) is 22.9. The second kappa shape index (κ2) is 9.68. The maximum atomic E-state index is 13.2. The number of carbonyl (C=O) groups is 2. The van der Waals surface area contributed by atoms with Gasteiger partial charge in [0.15, 0.2) is 0 Å². The summed E-state index contributed by atoms with van der Waals surface area (Å²) in [5.41, 5.74) is 1.58. The number of aryl methyl sites for hydroxylation is 2. The molecule has 1 atom stereocenters. The second-order valence-corrected chi connectivity index (χ2v) is 8.14. The van der Waals surface area contributed by atoms with E-state index in [1.165, 1.54) is 11.1 Å². The van der Waals surface area contributed by atoms with Crippen LogP contribution in [0.4, 0.5) is 0 Å². The first-order valence-corrected chi connectivity index (χ1v) is 10.9. The smallest absolute Gasteiger partial charge is 0.295 e. The zero-order valence-corrected chi connectivity index (χ0v) is 19.1. The molecule has 174 valence electrons. The summed E-state index contributed by atoms with van der Waals surface area (Å²) in [5.74, 6) is -0.474. The van der Waals surface area contributed by atoms with Gasteiger partial charge in [-0.2, -0.15) is 0 Å². The summed E-state index contributed by atoms with van der Waals surface area (Å²) in [7, 11) is 1.56. The SMILES string of the molecule is COc1cccc(C2/C(=C(\O)c3cnc(C)nc3C)C(=O)C(=O)N2CCN2CCOCC2)c1.